The molecular weight excluding hydrogens is 468 g/mol. The summed E-state index contributed by atoms with van der Waals surface area (Å²) < 4.78 is 7.34. The number of hydrogen-bond acceptors (Lipinski definition) is 4. The van der Waals surface area contributed by atoms with Crippen molar-refractivity contribution >= 4 is 32.7 Å². The van der Waals surface area contributed by atoms with Crippen LogP contribution in [-0.2, 0) is 11.3 Å². The number of ether oxygens (including phenoxy) is 1. The van der Waals surface area contributed by atoms with Gasteiger partial charge in [0.25, 0.3) is 0 Å². The zero-order valence-electron chi connectivity index (χ0n) is 18.8. The van der Waals surface area contributed by atoms with Gasteiger partial charge in [0.2, 0.25) is 0 Å². The molecule has 0 amide bonds. The fourth-order valence-corrected chi connectivity index (χ4v) is 6.60. The molecule has 2 bridgehead atoms. The number of nitrogens with zero attached hydrogens (tertiary/aromatic N) is 2. The molecule has 1 aliphatic carbocycles. The third-order valence-electron chi connectivity index (χ3n) is 7.94. The summed E-state index contributed by atoms with van der Waals surface area (Å²) >= 11 is 3.77. The number of carboxylic acids is 1. The first-order valence-electron chi connectivity index (χ1n) is 12.2. The van der Waals surface area contributed by atoms with Crippen molar-refractivity contribution in [1.82, 2.24) is 9.88 Å². The van der Waals surface area contributed by atoms with Gasteiger partial charge < -0.3 is 9.84 Å². The van der Waals surface area contributed by atoms with E-state index in [2.05, 4.69) is 46.0 Å². The standard InChI is InChI=1S/C26H33BrN2O3/c1-16-5-8-22(9-6-16)32-24-10-7-17-11-19(28-14-23(17)25(24)27)15-29-20-3-2-4-21(29)13-18(12-20)26(30)31/h7,10-11,14,16,18,20-22H,2-6,8-9,12-13,15H2,1H3,(H,30,31). The number of carbonyl (C=O) groups is 1. The van der Waals surface area contributed by atoms with Crippen LogP contribution in [0.5, 0.6) is 5.75 Å². The van der Waals surface area contributed by atoms with Crippen LogP contribution in [-0.4, -0.2) is 39.1 Å². The normalized spacial score (nSPS) is 30.9. The van der Waals surface area contributed by atoms with Crippen LogP contribution in [0.3, 0.4) is 0 Å². The fraction of sp³-hybridized carbons (Fsp3) is 0.615. The highest BCUT2D eigenvalue weighted by atomic mass is 79.9. The maximum absolute atomic E-state index is 11.6. The number of hydrogen-bond donors (Lipinski definition) is 1. The lowest BCUT2D eigenvalue weighted by molar-refractivity contribution is -0.146. The molecule has 172 valence electrons. The fourth-order valence-electron chi connectivity index (χ4n) is 6.04. The summed E-state index contributed by atoms with van der Waals surface area (Å²) in [6.45, 7) is 3.13. The van der Waals surface area contributed by atoms with Gasteiger partial charge in [-0.15, -0.1) is 0 Å². The highest BCUT2D eigenvalue weighted by Crippen LogP contribution is 2.39. The van der Waals surface area contributed by atoms with Crippen molar-refractivity contribution in [2.75, 3.05) is 0 Å². The monoisotopic (exact) mass is 500 g/mol. The Morgan fingerprint density at radius 1 is 1.16 bits per heavy atom. The summed E-state index contributed by atoms with van der Waals surface area (Å²) in [6.07, 6.45) is 12.0. The summed E-state index contributed by atoms with van der Waals surface area (Å²) in [7, 11) is 0. The first kappa shape index (κ1) is 22.1. The molecule has 3 heterocycles. The minimum atomic E-state index is -0.629. The lowest BCUT2D eigenvalue weighted by Gasteiger charge is -2.48. The zero-order valence-corrected chi connectivity index (χ0v) is 20.4. The van der Waals surface area contributed by atoms with E-state index < -0.39 is 5.97 Å². The molecule has 1 N–H and O–H groups in total. The van der Waals surface area contributed by atoms with Gasteiger partial charge in [0.1, 0.15) is 5.75 Å². The molecule has 6 heteroatoms. The summed E-state index contributed by atoms with van der Waals surface area (Å²) in [5.74, 6) is 0.910. The summed E-state index contributed by atoms with van der Waals surface area (Å²) in [4.78, 5) is 18.9. The number of carboxylic acid groups (broad SMARTS) is 1. The predicted octanol–water partition coefficient (Wildman–Crippen LogP) is 6.17. The number of piperidine rings is 2. The van der Waals surface area contributed by atoms with Crippen LogP contribution in [0.4, 0.5) is 0 Å². The molecule has 1 aromatic heterocycles. The van der Waals surface area contributed by atoms with Crippen LogP contribution >= 0.6 is 15.9 Å². The molecule has 5 nitrogen and oxygen atoms in total. The Labute approximate surface area is 198 Å². The van der Waals surface area contributed by atoms with Crippen molar-refractivity contribution in [3.8, 4) is 5.75 Å². The Morgan fingerprint density at radius 3 is 2.56 bits per heavy atom. The van der Waals surface area contributed by atoms with Crippen LogP contribution < -0.4 is 4.74 Å². The molecule has 3 fully saturated rings. The Morgan fingerprint density at radius 2 is 1.88 bits per heavy atom. The average molecular weight is 501 g/mol. The van der Waals surface area contributed by atoms with E-state index in [1.54, 1.807) is 0 Å². The predicted molar refractivity (Wildman–Crippen MR) is 129 cm³/mol. The summed E-state index contributed by atoms with van der Waals surface area (Å²) in [6, 6.07) is 7.14. The molecule has 1 saturated carbocycles. The van der Waals surface area contributed by atoms with Crippen molar-refractivity contribution < 1.29 is 14.6 Å². The topological polar surface area (TPSA) is 62.7 Å². The van der Waals surface area contributed by atoms with E-state index >= 15 is 0 Å². The first-order valence-corrected chi connectivity index (χ1v) is 13.0. The van der Waals surface area contributed by atoms with Gasteiger partial charge in [0, 0.05) is 30.2 Å². The molecule has 2 unspecified atom stereocenters. The van der Waals surface area contributed by atoms with Gasteiger partial charge in [-0.2, -0.15) is 0 Å². The Bertz CT molecular complexity index is 974. The van der Waals surface area contributed by atoms with Crippen molar-refractivity contribution in [2.45, 2.75) is 89.4 Å². The van der Waals surface area contributed by atoms with Gasteiger partial charge in [-0.05, 0) is 90.7 Å². The minimum absolute atomic E-state index is 0.187. The van der Waals surface area contributed by atoms with E-state index in [0.717, 1.165) is 77.7 Å². The van der Waals surface area contributed by atoms with Gasteiger partial charge in [0.05, 0.1) is 22.2 Å². The lowest BCUT2D eigenvalue weighted by Crippen LogP contribution is -2.52. The zero-order chi connectivity index (χ0) is 22.2. The maximum atomic E-state index is 11.6. The number of pyridine rings is 1. The largest absolute Gasteiger partial charge is 0.489 e. The number of fused-ring (bicyclic) bond motifs is 3. The van der Waals surface area contributed by atoms with E-state index in [1.165, 1.54) is 19.3 Å². The molecule has 0 radical (unpaired) electrons. The van der Waals surface area contributed by atoms with Crippen LogP contribution in [0, 0.1) is 11.8 Å². The van der Waals surface area contributed by atoms with E-state index in [-0.39, 0.29) is 5.92 Å². The van der Waals surface area contributed by atoms with Gasteiger partial charge in [0.15, 0.2) is 0 Å². The smallest absolute Gasteiger partial charge is 0.306 e. The van der Waals surface area contributed by atoms with Crippen molar-refractivity contribution in [3.63, 3.8) is 0 Å². The minimum Gasteiger partial charge on any atom is -0.489 e. The molecule has 2 aromatic rings. The van der Waals surface area contributed by atoms with Crippen molar-refractivity contribution in [1.29, 1.82) is 0 Å². The van der Waals surface area contributed by atoms with E-state index in [1.807, 2.05) is 6.20 Å². The molecule has 2 atom stereocenters. The molecule has 2 aliphatic heterocycles. The molecule has 2 saturated heterocycles. The van der Waals surface area contributed by atoms with Crippen LogP contribution in [0.25, 0.3) is 10.8 Å². The average Bonchev–Trinajstić information content (AvgIpc) is 2.77. The summed E-state index contributed by atoms with van der Waals surface area (Å²) in [5.41, 5.74) is 1.06. The second-order valence-electron chi connectivity index (χ2n) is 10.2. The molecular formula is C26H33BrN2O3. The Balaban J connectivity index is 1.31. The summed E-state index contributed by atoms with van der Waals surface area (Å²) in [5, 5.41) is 11.8. The number of aliphatic carboxylic acids is 1. The molecule has 32 heavy (non-hydrogen) atoms. The number of rotatable bonds is 5. The maximum Gasteiger partial charge on any atom is 0.306 e. The van der Waals surface area contributed by atoms with Gasteiger partial charge in [-0.1, -0.05) is 19.4 Å². The third-order valence-corrected chi connectivity index (χ3v) is 8.75. The molecule has 5 rings (SSSR count). The second kappa shape index (κ2) is 9.30. The van der Waals surface area contributed by atoms with Crippen LogP contribution in [0.1, 0.15) is 70.4 Å². The SMILES string of the molecule is CC1CCC(Oc2ccc3cc(CN4C5CCCC4CC(C(=O)O)C5)ncc3c2Br)CC1. The first-order chi connectivity index (χ1) is 15.5. The quantitative estimate of drug-likeness (QED) is 0.531. The number of halogens is 1. The third kappa shape index (κ3) is 4.54. The van der Waals surface area contributed by atoms with E-state index in [4.69, 9.17) is 9.72 Å². The highest BCUT2D eigenvalue weighted by Gasteiger charge is 2.40. The van der Waals surface area contributed by atoms with Crippen molar-refractivity contribution in [3.05, 3.63) is 34.6 Å². The number of benzene rings is 1. The van der Waals surface area contributed by atoms with Gasteiger partial charge >= 0.3 is 5.97 Å². The number of aromatic nitrogens is 1. The van der Waals surface area contributed by atoms with Gasteiger partial charge in [-0.25, -0.2) is 0 Å². The Hall–Kier alpha value is -1.66. The molecule has 1 aromatic carbocycles. The van der Waals surface area contributed by atoms with Crippen LogP contribution in [0.15, 0.2) is 28.9 Å². The van der Waals surface area contributed by atoms with Crippen molar-refractivity contribution in [2.24, 2.45) is 11.8 Å². The van der Waals surface area contributed by atoms with Gasteiger partial charge in [-0.3, -0.25) is 14.7 Å². The lowest BCUT2D eigenvalue weighted by atomic mass is 9.78. The van der Waals surface area contributed by atoms with Crippen LogP contribution in [0.2, 0.25) is 0 Å². The molecule has 0 spiro atoms. The Kier molecular flexibility index (Phi) is 6.44. The second-order valence-corrected chi connectivity index (χ2v) is 11.0. The highest BCUT2D eigenvalue weighted by molar-refractivity contribution is 9.10. The van der Waals surface area contributed by atoms with E-state index in [0.29, 0.717) is 18.2 Å². The molecule has 3 aliphatic rings. The van der Waals surface area contributed by atoms with E-state index in [9.17, 15) is 9.90 Å².